The Morgan fingerprint density at radius 2 is 2.43 bits per heavy atom. The first-order chi connectivity index (χ1) is 6.88. The van der Waals surface area contributed by atoms with E-state index in [0.29, 0.717) is 0 Å². The van der Waals surface area contributed by atoms with Gasteiger partial charge in [-0.2, -0.15) is 0 Å². The van der Waals surface area contributed by atoms with Crippen LogP contribution in [0.5, 0.6) is 5.75 Å². The van der Waals surface area contributed by atoms with Gasteiger partial charge in [-0.05, 0) is 31.7 Å². The number of anilines is 1. The van der Waals surface area contributed by atoms with Crippen molar-refractivity contribution in [1.82, 2.24) is 4.98 Å². The number of ether oxygens (including phenoxy) is 1. The van der Waals surface area contributed by atoms with Crippen LogP contribution >= 0.6 is 0 Å². The number of aromatic nitrogens is 1. The lowest BCUT2D eigenvalue weighted by atomic mass is 10.4. The summed E-state index contributed by atoms with van der Waals surface area (Å²) in [6.07, 6.45) is 4.43. The standard InChI is InChI=1S/C11H16N2O/c1-2-12-11-7-10(5-6-13-11)14-8-9-3-4-9/h5-7,9H,2-4,8H2,1H3,(H,12,13). The first-order valence-corrected chi connectivity index (χ1v) is 5.21. The maximum atomic E-state index is 5.64. The molecule has 0 unspecified atom stereocenters. The third kappa shape index (κ3) is 2.62. The molecule has 0 bridgehead atoms. The molecular weight excluding hydrogens is 176 g/mol. The van der Waals surface area contributed by atoms with Gasteiger partial charge in [0.2, 0.25) is 0 Å². The molecule has 0 aromatic carbocycles. The highest BCUT2D eigenvalue weighted by atomic mass is 16.5. The number of rotatable bonds is 5. The Labute approximate surface area is 84.5 Å². The molecule has 3 heteroatoms. The van der Waals surface area contributed by atoms with Crippen LogP contribution in [-0.4, -0.2) is 18.1 Å². The second-order valence-electron chi connectivity index (χ2n) is 3.66. The molecule has 1 aliphatic carbocycles. The fourth-order valence-corrected chi connectivity index (χ4v) is 1.28. The van der Waals surface area contributed by atoms with E-state index < -0.39 is 0 Å². The van der Waals surface area contributed by atoms with E-state index in [2.05, 4.69) is 17.2 Å². The molecule has 14 heavy (non-hydrogen) atoms. The summed E-state index contributed by atoms with van der Waals surface area (Å²) in [5, 5.41) is 3.16. The van der Waals surface area contributed by atoms with Gasteiger partial charge >= 0.3 is 0 Å². The molecule has 1 heterocycles. The first-order valence-electron chi connectivity index (χ1n) is 5.21. The Morgan fingerprint density at radius 1 is 1.57 bits per heavy atom. The van der Waals surface area contributed by atoms with Crippen LogP contribution in [-0.2, 0) is 0 Å². The van der Waals surface area contributed by atoms with Crippen LogP contribution in [0.3, 0.4) is 0 Å². The summed E-state index contributed by atoms with van der Waals surface area (Å²) in [4.78, 5) is 4.18. The highest BCUT2D eigenvalue weighted by Crippen LogP contribution is 2.29. The lowest BCUT2D eigenvalue weighted by molar-refractivity contribution is 0.299. The van der Waals surface area contributed by atoms with E-state index in [9.17, 15) is 0 Å². The number of hydrogen-bond acceptors (Lipinski definition) is 3. The minimum absolute atomic E-state index is 0.797. The molecule has 0 radical (unpaired) electrons. The van der Waals surface area contributed by atoms with Crippen molar-refractivity contribution in [3.63, 3.8) is 0 Å². The van der Waals surface area contributed by atoms with Gasteiger partial charge < -0.3 is 10.1 Å². The monoisotopic (exact) mass is 192 g/mol. The number of nitrogens with one attached hydrogen (secondary N) is 1. The molecule has 1 aromatic rings. The Kier molecular flexibility index (Phi) is 2.87. The van der Waals surface area contributed by atoms with Gasteiger partial charge in [-0.15, -0.1) is 0 Å². The molecule has 1 aromatic heterocycles. The molecule has 3 nitrogen and oxygen atoms in total. The minimum Gasteiger partial charge on any atom is -0.493 e. The number of nitrogens with zero attached hydrogens (tertiary/aromatic N) is 1. The van der Waals surface area contributed by atoms with Gasteiger partial charge in [0.1, 0.15) is 11.6 Å². The predicted molar refractivity (Wildman–Crippen MR) is 56.6 cm³/mol. The summed E-state index contributed by atoms with van der Waals surface area (Å²) in [5.41, 5.74) is 0. The highest BCUT2D eigenvalue weighted by Gasteiger charge is 2.21. The fraction of sp³-hybridized carbons (Fsp3) is 0.545. The van der Waals surface area contributed by atoms with Crippen molar-refractivity contribution in [3.05, 3.63) is 18.3 Å². The SMILES string of the molecule is CCNc1cc(OCC2CC2)ccn1. The van der Waals surface area contributed by atoms with Crippen LogP contribution in [0.25, 0.3) is 0 Å². The first kappa shape index (κ1) is 9.31. The molecule has 1 aliphatic rings. The van der Waals surface area contributed by atoms with Crippen molar-refractivity contribution in [2.45, 2.75) is 19.8 Å². The normalized spacial score (nSPS) is 15.2. The van der Waals surface area contributed by atoms with E-state index in [-0.39, 0.29) is 0 Å². The summed E-state index contributed by atoms with van der Waals surface area (Å²) in [5.74, 6) is 2.61. The van der Waals surface area contributed by atoms with Crippen LogP contribution in [0.15, 0.2) is 18.3 Å². The summed E-state index contributed by atoms with van der Waals surface area (Å²) in [6, 6.07) is 3.86. The van der Waals surface area contributed by atoms with Gasteiger partial charge in [0, 0.05) is 18.8 Å². The van der Waals surface area contributed by atoms with Crippen molar-refractivity contribution in [2.24, 2.45) is 5.92 Å². The van der Waals surface area contributed by atoms with Gasteiger partial charge in [0.25, 0.3) is 0 Å². The topological polar surface area (TPSA) is 34.1 Å². The number of pyridine rings is 1. The van der Waals surface area contributed by atoms with Gasteiger partial charge in [0.05, 0.1) is 6.61 Å². The van der Waals surface area contributed by atoms with Crippen molar-refractivity contribution in [2.75, 3.05) is 18.5 Å². The van der Waals surface area contributed by atoms with E-state index in [4.69, 9.17) is 4.74 Å². The molecule has 76 valence electrons. The van der Waals surface area contributed by atoms with Crippen LogP contribution in [0, 0.1) is 5.92 Å². The van der Waals surface area contributed by atoms with Gasteiger partial charge in [-0.25, -0.2) is 4.98 Å². The summed E-state index contributed by atoms with van der Waals surface area (Å²) in [6.45, 7) is 3.80. The molecule has 0 amide bonds. The quantitative estimate of drug-likeness (QED) is 0.777. The van der Waals surface area contributed by atoms with Gasteiger partial charge in [0.15, 0.2) is 0 Å². The zero-order valence-electron chi connectivity index (χ0n) is 8.49. The molecule has 1 saturated carbocycles. The molecule has 1 fully saturated rings. The lowest BCUT2D eigenvalue weighted by Gasteiger charge is -2.07. The molecule has 1 N–H and O–H groups in total. The second kappa shape index (κ2) is 4.31. The molecule has 0 atom stereocenters. The minimum atomic E-state index is 0.797. The van der Waals surface area contributed by atoms with Crippen LogP contribution < -0.4 is 10.1 Å². The molecule has 0 aliphatic heterocycles. The van der Waals surface area contributed by atoms with E-state index in [1.165, 1.54) is 12.8 Å². The smallest absolute Gasteiger partial charge is 0.129 e. The molecule has 0 saturated heterocycles. The second-order valence-corrected chi connectivity index (χ2v) is 3.66. The average molecular weight is 192 g/mol. The van der Waals surface area contributed by atoms with Crippen molar-refractivity contribution in [3.8, 4) is 5.75 Å². The Morgan fingerprint density at radius 3 is 3.14 bits per heavy atom. The van der Waals surface area contributed by atoms with Crippen molar-refractivity contribution < 1.29 is 4.74 Å². The zero-order valence-corrected chi connectivity index (χ0v) is 8.49. The fourth-order valence-electron chi connectivity index (χ4n) is 1.28. The van der Waals surface area contributed by atoms with Gasteiger partial charge in [-0.1, -0.05) is 0 Å². The third-order valence-corrected chi connectivity index (χ3v) is 2.27. The van der Waals surface area contributed by atoms with E-state index >= 15 is 0 Å². The maximum absolute atomic E-state index is 5.64. The van der Waals surface area contributed by atoms with Crippen LogP contribution in [0.2, 0.25) is 0 Å². The number of hydrogen-bond donors (Lipinski definition) is 1. The zero-order chi connectivity index (χ0) is 9.80. The third-order valence-electron chi connectivity index (χ3n) is 2.27. The maximum Gasteiger partial charge on any atom is 0.129 e. The summed E-state index contributed by atoms with van der Waals surface area (Å²) < 4.78 is 5.64. The largest absolute Gasteiger partial charge is 0.493 e. The van der Waals surface area contributed by atoms with Crippen LogP contribution in [0.1, 0.15) is 19.8 Å². The highest BCUT2D eigenvalue weighted by molar-refractivity contribution is 5.40. The van der Waals surface area contributed by atoms with E-state index in [0.717, 1.165) is 30.6 Å². The summed E-state index contributed by atoms with van der Waals surface area (Å²) >= 11 is 0. The molecular formula is C11H16N2O. The van der Waals surface area contributed by atoms with Crippen molar-refractivity contribution in [1.29, 1.82) is 0 Å². The van der Waals surface area contributed by atoms with E-state index in [1.807, 2.05) is 12.1 Å². The average Bonchev–Trinajstić information content (AvgIpc) is 2.99. The Bertz CT molecular complexity index is 297. The summed E-state index contributed by atoms with van der Waals surface area (Å²) in [7, 11) is 0. The van der Waals surface area contributed by atoms with Gasteiger partial charge in [-0.3, -0.25) is 0 Å². The molecule has 0 spiro atoms. The Hall–Kier alpha value is -1.25. The lowest BCUT2D eigenvalue weighted by Crippen LogP contribution is -2.02. The van der Waals surface area contributed by atoms with Crippen LogP contribution in [0.4, 0.5) is 5.82 Å². The molecule has 2 rings (SSSR count). The van der Waals surface area contributed by atoms with Crippen molar-refractivity contribution >= 4 is 5.82 Å². The Balaban J connectivity index is 1.90. The predicted octanol–water partition coefficient (Wildman–Crippen LogP) is 2.30. The van der Waals surface area contributed by atoms with E-state index in [1.54, 1.807) is 6.20 Å².